The SMILES string of the molecule is C[C@H]1CC(n2c(Nc3ccc(OC(F)(F)F)cc3)nc3cc(C(=O)NS(C)(=O)=O)c(F)cc32)CC(C)(C)C1. The summed E-state index contributed by atoms with van der Waals surface area (Å²) in [5, 5.41) is 3.09. The van der Waals surface area contributed by atoms with Crippen molar-refractivity contribution in [1.82, 2.24) is 14.3 Å². The minimum atomic E-state index is -4.82. The number of hydrogen-bond acceptors (Lipinski definition) is 6. The first-order valence-corrected chi connectivity index (χ1v) is 13.8. The first-order chi connectivity index (χ1) is 17.5. The molecule has 1 aliphatic rings. The molecule has 0 radical (unpaired) electrons. The Balaban J connectivity index is 1.78. The second kappa shape index (κ2) is 9.75. The molecule has 0 aliphatic heterocycles. The number of sulfonamides is 1. The molecule has 1 aliphatic carbocycles. The van der Waals surface area contributed by atoms with Crippen LogP contribution in [0.4, 0.5) is 29.2 Å². The highest BCUT2D eigenvalue weighted by molar-refractivity contribution is 7.89. The molecule has 1 saturated carbocycles. The Hall–Kier alpha value is -3.35. The number of anilines is 2. The van der Waals surface area contributed by atoms with E-state index in [2.05, 4.69) is 35.8 Å². The zero-order valence-corrected chi connectivity index (χ0v) is 22.0. The molecule has 1 unspecified atom stereocenters. The zero-order chi connectivity index (χ0) is 28.0. The summed E-state index contributed by atoms with van der Waals surface area (Å²) in [7, 11) is -3.92. The lowest BCUT2D eigenvalue weighted by Crippen LogP contribution is -2.30. The Labute approximate surface area is 217 Å². The van der Waals surface area contributed by atoms with Crippen molar-refractivity contribution < 1.29 is 35.5 Å². The summed E-state index contributed by atoms with van der Waals surface area (Å²) < 4.78 is 83.2. The van der Waals surface area contributed by atoms with Gasteiger partial charge in [0.05, 0.1) is 22.9 Å². The molecule has 1 heterocycles. The molecule has 3 aromatic rings. The van der Waals surface area contributed by atoms with Crippen LogP contribution in [0.1, 0.15) is 56.4 Å². The van der Waals surface area contributed by atoms with Crippen molar-refractivity contribution in [2.45, 2.75) is 52.4 Å². The Kier molecular flexibility index (Phi) is 7.10. The number of nitrogens with zero attached hydrogens (tertiary/aromatic N) is 2. The molecule has 38 heavy (non-hydrogen) atoms. The Morgan fingerprint density at radius 1 is 1.16 bits per heavy atom. The van der Waals surface area contributed by atoms with Gasteiger partial charge in [-0.2, -0.15) is 0 Å². The Bertz CT molecular complexity index is 1470. The Morgan fingerprint density at radius 2 is 1.82 bits per heavy atom. The topological polar surface area (TPSA) is 102 Å². The van der Waals surface area contributed by atoms with Crippen LogP contribution in [-0.4, -0.2) is 36.5 Å². The Morgan fingerprint density at radius 3 is 2.39 bits per heavy atom. The van der Waals surface area contributed by atoms with Crippen molar-refractivity contribution in [3.8, 4) is 5.75 Å². The summed E-state index contributed by atoms with van der Waals surface area (Å²) in [6.07, 6.45) is -1.49. The van der Waals surface area contributed by atoms with Gasteiger partial charge in [0.2, 0.25) is 16.0 Å². The lowest BCUT2D eigenvalue weighted by Gasteiger charge is -2.40. The van der Waals surface area contributed by atoms with Gasteiger partial charge in [-0.1, -0.05) is 20.8 Å². The van der Waals surface area contributed by atoms with Crippen LogP contribution in [0, 0.1) is 17.2 Å². The van der Waals surface area contributed by atoms with E-state index in [0.717, 1.165) is 43.7 Å². The average Bonchev–Trinajstić information content (AvgIpc) is 3.07. The van der Waals surface area contributed by atoms with E-state index in [4.69, 9.17) is 0 Å². The molecule has 2 N–H and O–H groups in total. The number of rotatable bonds is 6. The lowest BCUT2D eigenvalue weighted by atomic mass is 9.70. The molecule has 206 valence electrons. The van der Waals surface area contributed by atoms with Crippen LogP contribution in [0.5, 0.6) is 5.75 Å². The summed E-state index contributed by atoms with van der Waals surface area (Å²) in [5.74, 6) is -1.76. The minimum Gasteiger partial charge on any atom is -0.406 e. The van der Waals surface area contributed by atoms with E-state index in [1.165, 1.54) is 18.2 Å². The van der Waals surface area contributed by atoms with Gasteiger partial charge in [0.25, 0.3) is 5.91 Å². The molecule has 1 fully saturated rings. The zero-order valence-electron chi connectivity index (χ0n) is 21.2. The maximum absolute atomic E-state index is 15.1. The standard InChI is InChI=1S/C25H28F4N4O4S/c1-14-9-16(13-24(2,3)12-14)33-21-11-19(26)18(22(34)32-38(4,35)36)10-20(21)31-23(33)30-15-5-7-17(8-6-15)37-25(27,28)29/h5-8,10-11,14,16H,9,12-13H2,1-4H3,(H,30,31)(H,32,34)/t14-,16?/m0/s1. The summed E-state index contributed by atoms with van der Waals surface area (Å²) in [6, 6.07) is 7.34. The van der Waals surface area contributed by atoms with E-state index < -0.39 is 33.7 Å². The molecule has 8 nitrogen and oxygen atoms in total. The minimum absolute atomic E-state index is 0.0133. The third kappa shape index (κ3) is 6.55. The summed E-state index contributed by atoms with van der Waals surface area (Å²) >= 11 is 0. The molecule has 1 aromatic heterocycles. The molecule has 13 heteroatoms. The van der Waals surface area contributed by atoms with E-state index in [-0.39, 0.29) is 22.7 Å². The van der Waals surface area contributed by atoms with Crippen molar-refractivity contribution >= 4 is 38.6 Å². The third-order valence-electron chi connectivity index (χ3n) is 6.37. The number of hydrogen-bond donors (Lipinski definition) is 2. The van der Waals surface area contributed by atoms with E-state index in [1.807, 2.05) is 4.57 Å². The molecule has 2 aromatic carbocycles. The number of nitrogens with one attached hydrogen (secondary N) is 2. The molecule has 2 atom stereocenters. The third-order valence-corrected chi connectivity index (χ3v) is 6.93. The molecule has 0 spiro atoms. The molecular formula is C25H28F4N4O4S. The number of halogens is 4. The van der Waals surface area contributed by atoms with Gasteiger partial charge in [-0.3, -0.25) is 4.79 Å². The number of aromatic nitrogens is 2. The second-order valence-electron chi connectivity index (χ2n) is 10.6. The fraction of sp³-hybridized carbons (Fsp3) is 0.440. The molecule has 0 bridgehead atoms. The molecular weight excluding hydrogens is 528 g/mol. The van der Waals surface area contributed by atoms with Gasteiger partial charge in [0.1, 0.15) is 11.6 Å². The highest BCUT2D eigenvalue weighted by atomic mass is 32.2. The number of benzene rings is 2. The molecule has 4 rings (SSSR count). The van der Waals surface area contributed by atoms with Gasteiger partial charge in [-0.15, -0.1) is 13.2 Å². The van der Waals surface area contributed by atoms with Gasteiger partial charge in [-0.05, 0) is 60.9 Å². The van der Waals surface area contributed by atoms with Gasteiger partial charge < -0.3 is 14.6 Å². The van der Waals surface area contributed by atoms with Crippen LogP contribution in [0.2, 0.25) is 0 Å². The van der Waals surface area contributed by atoms with Crippen LogP contribution in [0.25, 0.3) is 11.0 Å². The van der Waals surface area contributed by atoms with Gasteiger partial charge in [-0.25, -0.2) is 22.5 Å². The first kappa shape index (κ1) is 27.7. The van der Waals surface area contributed by atoms with Crippen LogP contribution < -0.4 is 14.8 Å². The monoisotopic (exact) mass is 556 g/mol. The average molecular weight is 557 g/mol. The number of ether oxygens (including phenoxy) is 1. The van der Waals surface area contributed by atoms with E-state index >= 15 is 4.39 Å². The molecule has 0 saturated heterocycles. The fourth-order valence-corrected chi connectivity index (χ4v) is 5.78. The largest absolute Gasteiger partial charge is 0.573 e. The quantitative estimate of drug-likeness (QED) is 0.367. The summed E-state index contributed by atoms with van der Waals surface area (Å²) in [6.45, 7) is 6.43. The number of fused-ring (bicyclic) bond motifs is 1. The highest BCUT2D eigenvalue weighted by Crippen LogP contribution is 2.46. The van der Waals surface area contributed by atoms with Crippen molar-refractivity contribution in [2.75, 3.05) is 11.6 Å². The van der Waals surface area contributed by atoms with E-state index in [9.17, 15) is 26.4 Å². The smallest absolute Gasteiger partial charge is 0.406 e. The first-order valence-electron chi connectivity index (χ1n) is 11.9. The number of carbonyl (C=O) groups excluding carboxylic acids is 1. The van der Waals surface area contributed by atoms with Gasteiger partial charge in [0.15, 0.2) is 0 Å². The predicted octanol–water partition coefficient (Wildman–Crippen LogP) is 5.89. The van der Waals surface area contributed by atoms with Gasteiger partial charge in [0, 0.05) is 17.8 Å². The number of alkyl halides is 3. The van der Waals surface area contributed by atoms with Crippen molar-refractivity contribution in [3.05, 3.63) is 47.8 Å². The van der Waals surface area contributed by atoms with Crippen molar-refractivity contribution in [3.63, 3.8) is 0 Å². The van der Waals surface area contributed by atoms with Crippen molar-refractivity contribution in [1.29, 1.82) is 0 Å². The summed E-state index contributed by atoms with van der Waals surface area (Å²) in [4.78, 5) is 17.0. The molecule has 1 amide bonds. The van der Waals surface area contributed by atoms with Gasteiger partial charge >= 0.3 is 6.36 Å². The van der Waals surface area contributed by atoms with Crippen LogP contribution >= 0.6 is 0 Å². The maximum Gasteiger partial charge on any atom is 0.573 e. The summed E-state index contributed by atoms with van der Waals surface area (Å²) in [5.41, 5.74) is 0.564. The lowest BCUT2D eigenvalue weighted by molar-refractivity contribution is -0.274. The highest BCUT2D eigenvalue weighted by Gasteiger charge is 2.35. The second-order valence-corrected chi connectivity index (χ2v) is 12.3. The van der Waals surface area contributed by atoms with E-state index in [0.29, 0.717) is 23.1 Å². The fourth-order valence-electron chi connectivity index (χ4n) is 5.33. The van der Waals surface area contributed by atoms with Crippen LogP contribution in [-0.2, 0) is 10.0 Å². The number of carbonyl (C=O) groups is 1. The van der Waals surface area contributed by atoms with Crippen LogP contribution in [0.15, 0.2) is 36.4 Å². The van der Waals surface area contributed by atoms with Crippen LogP contribution in [0.3, 0.4) is 0 Å². The number of amides is 1. The normalized spacial score (nSPS) is 19.8. The maximum atomic E-state index is 15.1. The van der Waals surface area contributed by atoms with E-state index in [1.54, 1.807) is 4.72 Å². The number of imidazole rings is 1. The van der Waals surface area contributed by atoms with Crippen molar-refractivity contribution in [2.24, 2.45) is 11.3 Å². The predicted molar refractivity (Wildman–Crippen MR) is 134 cm³/mol.